The third-order valence-electron chi connectivity index (χ3n) is 5.15. The van der Waals surface area contributed by atoms with E-state index in [1.807, 2.05) is 42.5 Å². The lowest BCUT2D eigenvalue weighted by molar-refractivity contribution is -0.121. The van der Waals surface area contributed by atoms with E-state index in [1.165, 1.54) is 10.2 Å². The number of nitrogens with zero attached hydrogens (tertiary/aromatic N) is 3. The Bertz CT molecular complexity index is 1210. The van der Waals surface area contributed by atoms with Crippen molar-refractivity contribution in [2.75, 3.05) is 20.1 Å². The number of para-hydroxylation sites is 1. The van der Waals surface area contributed by atoms with Crippen molar-refractivity contribution < 1.29 is 4.79 Å². The topological polar surface area (TPSA) is 83.0 Å². The fourth-order valence-corrected chi connectivity index (χ4v) is 3.63. The van der Waals surface area contributed by atoms with Crippen LogP contribution in [0.1, 0.15) is 12.0 Å². The summed E-state index contributed by atoms with van der Waals surface area (Å²) >= 11 is 0. The van der Waals surface area contributed by atoms with Crippen molar-refractivity contribution in [1.29, 1.82) is 0 Å². The summed E-state index contributed by atoms with van der Waals surface area (Å²) in [5.74, 6) is -0.217. The molecule has 4 aromatic rings. The Morgan fingerprint density at radius 2 is 1.87 bits per heavy atom. The number of hydrogen-bond donors (Lipinski definition) is 2. The first-order chi connectivity index (χ1) is 14.6. The number of rotatable bonds is 8. The Balaban J connectivity index is 1.30. The van der Waals surface area contributed by atoms with Crippen LogP contribution in [0.5, 0.6) is 0 Å². The standard InChI is InChI=1S/C23H25N5O2/c1-27(15-17-8-3-2-4-9-17)13-7-12-24-21(29)16-28-23(30)22-19(14-25-28)18-10-5-6-11-20(18)26-22/h2-6,8-11,14,26H,7,12-13,15-16H2,1H3,(H,24,29). The lowest BCUT2D eigenvalue weighted by Crippen LogP contribution is -2.35. The van der Waals surface area contributed by atoms with Crippen LogP contribution < -0.4 is 10.9 Å². The lowest BCUT2D eigenvalue weighted by Gasteiger charge is -2.16. The number of hydrogen-bond acceptors (Lipinski definition) is 4. The smallest absolute Gasteiger partial charge is 0.291 e. The van der Waals surface area contributed by atoms with E-state index in [0.29, 0.717) is 12.1 Å². The molecule has 30 heavy (non-hydrogen) atoms. The Morgan fingerprint density at radius 3 is 2.70 bits per heavy atom. The molecule has 0 aliphatic carbocycles. The number of H-pyrrole nitrogens is 1. The van der Waals surface area contributed by atoms with Crippen LogP contribution in [0.25, 0.3) is 21.8 Å². The first kappa shape index (κ1) is 19.8. The van der Waals surface area contributed by atoms with Gasteiger partial charge in [0.2, 0.25) is 5.91 Å². The van der Waals surface area contributed by atoms with E-state index in [2.05, 4.69) is 39.5 Å². The summed E-state index contributed by atoms with van der Waals surface area (Å²) in [7, 11) is 2.06. The van der Waals surface area contributed by atoms with Gasteiger partial charge >= 0.3 is 0 Å². The average Bonchev–Trinajstić information content (AvgIpc) is 3.13. The number of fused-ring (bicyclic) bond motifs is 3. The Hall–Kier alpha value is -3.45. The van der Waals surface area contributed by atoms with Gasteiger partial charge in [-0.2, -0.15) is 5.10 Å². The minimum absolute atomic E-state index is 0.0933. The minimum Gasteiger partial charge on any atom is -0.354 e. The van der Waals surface area contributed by atoms with E-state index in [9.17, 15) is 9.59 Å². The molecule has 0 atom stereocenters. The van der Waals surface area contributed by atoms with Crippen LogP contribution in [0.3, 0.4) is 0 Å². The first-order valence-corrected chi connectivity index (χ1v) is 10.1. The molecule has 0 fully saturated rings. The number of carbonyl (C=O) groups excluding carboxylic acids is 1. The second-order valence-electron chi connectivity index (χ2n) is 7.49. The lowest BCUT2D eigenvalue weighted by atomic mass is 10.2. The van der Waals surface area contributed by atoms with Crippen molar-refractivity contribution in [2.45, 2.75) is 19.5 Å². The number of nitrogens with one attached hydrogen (secondary N) is 2. The average molecular weight is 403 g/mol. The zero-order valence-electron chi connectivity index (χ0n) is 17.0. The SMILES string of the molecule is CN(CCCNC(=O)Cn1ncc2c([nH]c3ccccc32)c1=O)Cc1ccccc1. The summed E-state index contributed by atoms with van der Waals surface area (Å²) in [5.41, 5.74) is 2.33. The molecule has 1 amide bonds. The third-order valence-corrected chi connectivity index (χ3v) is 5.15. The van der Waals surface area contributed by atoms with Crippen molar-refractivity contribution in [3.05, 3.63) is 76.7 Å². The van der Waals surface area contributed by atoms with Gasteiger partial charge in [0, 0.05) is 29.4 Å². The molecule has 0 unspecified atom stereocenters. The van der Waals surface area contributed by atoms with Gasteiger partial charge in [0.1, 0.15) is 12.1 Å². The zero-order chi connectivity index (χ0) is 20.9. The van der Waals surface area contributed by atoms with E-state index in [1.54, 1.807) is 6.20 Å². The predicted molar refractivity (Wildman–Crippen MR) is 118 cm³/mol. The second kappa shape index (κ2) is 8.92. The maximum Gasteiger partial charge on any atom is 0.291 e. The molecule has 7 heteroatoms. The molecule has 0 saturated heterocycles. The molecule has 154 valence electrons. The summed E-state index contributed by atoms with van der Waals surface area (Å²) < 4.78 is 1.20. The van der Waals surface area contributed by atoms with Gasteiger partial charge in [-0.25, -0.2) is 4.68 Å². The van der Waals surface area contributed by atoms with Crippen molar-refractivity contribution in [3.63, 3.8) is 0 Å². The van der Waals surface area contributed by atoms with Crippen molar-refractivity contribution >= 4 is 27.7 Å². The highest BCUT2D eigenvalue weighted by atomic mass is 16.2. The van der Waals surface area contributed by atoms with Gasteiger partial charge in [0.15, 0.2) is 0 Å². The number of amides is 1. The molecule has 0 aliphatic heterocycles. The monoisotopic (exact) mass is 403 g/mol. The van der Waals surface area contributed by atoms with Crippen molar-refractivity contribution in [3.8, 4) is 0 Å². The molecule has 2 heterocycles. The Kier molecular flexibility index (Phi) is 5.90. The van der Waals surface area contributed by atoms with Gasteiger partial charge in [0.05, 0.1) is 6.20 Å². The molecule has 0 aliphatic rings. The van der Waals surface area contributed by atoms with Gasteiger partial charge in [0.25, 0.3) is 5.56 Å². The predicted octanol–water partition coefficient (Wildman–Crippen LogP) is 2.52. The van der Waals surface area contributed by atoms with Gasteiger partial charge in [-0.3, -0.25) is 9.59 Å². The van der Waals surface area contributed by atoms with Gasteiger partial charge in [-0.15, -0.1) is 0 Å². The van der Waals surface area contributed by atoms with Crippen LogP contribution in [0.2, 0.25) is 0 Å². The Labute approximate surface area is 174 Å². The van der Waals surface area contributed by atoms with Gasteiger partial charge in [-0.05, 0) is 31.6 Å². The van der Waals surface area contributed by atoms with Crippen LogP contribution in [0.4, 0.5) is 0 Å². The highest BCUT2D eigenvalue weighted by Gasteiger charge is 2.12. The molecule has 0 spiro atoms. The van der Waals surface area contributed by atoms with Crippen LogP contribution in [0, 0.1) is 0 Å². The van der Waals surface area contributed by atoms with Gasteiger partial charge in [-0.1, -0.05) is 48.5 Å². The molecule has 2 N–H and O–H groups in total. The summed E-state index contributed by atoms with van der Waals surface area (Å²) in [4.78, 5) is 30.3. The molecule has 0 bridgehead atoms. The van der Waals surface area contributed by atoms with E-state index in [-0.39, 0.29) is 18.0 Å². The molecule has 0 radical (unpaired) electrons. The van der Waals surface area contributed by atoms with E-state index < -0.39 is 0 Å². The van der Waals surface area contributed by atoms with Crippen LogP contribution in [-0.2, 0) is 17.9 Å². The quantitative estimate of drug-likeness (QED) is 0.443. The number of aromatic amines is 1. The number of carbonyl (C=O) groups is 1. The highest BCUT2D eigenvalue weighted by Crippen LogP contribution is 2.21. The summed E-state index contributed by atoms with van der Waals surface area (Å²) in [6, 6.07) is 18.0. The molecule has 4 rings (SSSR count). The van der Waals surface area contributed by atoms with Gasteiger partial charge < -0.3 is 15.2 Å². The normalized spacial score (nSPS) is 11.4. The van der Waals surface area contributed by atoms with E-state index in [4.69, 9.17) is 0 Å². The molecule has 2 aromatic heterocycles. The summed E-state index contributed by atoms with van der Waals surface area (Å²) in [5, 5.41) is 8.79. The van der Waals surface area contributed by atoms with Crippen molar-refractivity contribution in [2.24, 2.45) is 0 Å². The van der Waals surface area contributed by atoms with E-state index >= 15 is 0 Å². The summed E-state index contributed by atoms with van der Waals surface area (Å²) in [6.45, 7) is 2.21. The molecule has 7 nitrogen and oxygen atoms in total. The number of benzene rings is 2. The molecule has 0 saturated carbocycles. The zero-order valence-corrected chi connectivity index (χ0v) is 17.0. The fraction of sp³-hybridized carbons (Fsp3) is 0.261. The second-order valence-corrected chi connectivity index (χ2v) is 7.49. The maximum absolute atomic E-state index is 12.7. The van der Waals surface area contributed by atoms with Crippen molar-refractivity contribution in [1.82, 2.24) is 25.0 Å². The fourth-order valence-electron chi connectivity index (χ4n) is 3.63. The highest BCUT2D eigenvalue weighted by molar-refractivity contribution is 6.06. The molecular formula is C23H25N5O2. The Morgan fingerprint density at radius 1 is 1.10 bits per heavy atom. The maximum atomic E-state index is 12.7. The van der Waals surface area contributed by atoms with E-state index in [0.717, 1.165) is 35.8 Å². The minimum atomic E-state index is -0.290. The molecular weight excluding hydrogens is 378 g/mol. The summed E-state index contributed by atoms with van der Waals surface area (Å²) in [6.07, 6.45) is 2.47. The van der Waals surface area contributed by atoms with Crippen LogP contribution in [-0.4, -0.2) is 45.7 Å². The van der Waals surface area contributed by atoms with Crippen LogP contribution >= 0.6 is 0 Å². The first-order valence-electron chi connectivity index (χ1n) is 10.1. The largest absolute Gasteiger partial charge is 0.354 e. The third kappa shape index (κ3) is 4.41. The van der Waals surface area contributed by atoms with Crippen LogP contribution in [0.15, 0.2) is 65.6 Å². The molecule has 2 aromatic carbocycles. The number of aromatic nitrogens is 3.